The molecule has 0 radical (unpaired) electrons. The van der Waals surface area contributed by atoms with E-state index in [4.69, 9.17) is 0 Å². The van der Waals surface area contributed by atoms with Gasteiger partial charge in [0.25, 0.3) is 0 Å². The van der Waals surface area contributed by atoms with E-state index in [1.807, 2.05) is 0 Å². The minimum absolute atomic E-state index is 0.125. The summed E-state index contributed by atoms with van der Waals surface area (Å²) in [6, 6.07) is 0.375. The second-order valence-electron chi connectivity index (χ2n) is 8.48. The van der Waals surface area contributed by atoms with Crippen LogP contribution in [0.2, 0.25) is 0 Å². The summed E-state index contributed by atoms with van der Waals surface area (Å²) >= 11 is 0. The second kappa shape index (κ2) is 11.7. The summed E-state index contributed by atoms with van der Waals surface area (Å²) in [6.45, 7) is 1.71. The van der Waals surface area contributed by atoms with E-state index in [1.165, 1.54) is 51.4 Å². The van der Waals surface area contributed by atoms with Crippen LogP contribution in [0.25, 0.3) is 0 Å². The number of carbonyl (C=O) groups excluding carboxylic acids is 2. The average Bonchev–Trinajstić information content (AvgIpc) is 2.60. The lowest BCUT2D eigenvalue weighted by Crippen LogP contribution is -2.39. The van der Waals surface area contributed by atoms with Crippen molar-refractivity contribution in [2.75, 3.05) is 0 Å². The van der Waals surface area contributed by atoms with E-state index in [9.17, 15) is 9.59 Å². The van der Waals surface area contributed by atoms with E-state index in [0.29, 0.717) is 11.8 Å². The van der Waals surface area contributed by atoms with Crippen molar-refractivity contribution in [3.8, 4) is 0 Å². The quantitative estimate of drug-likeness (QED) is 0.725. The van der Waals surface area contributed by atoms with Crippen molar-refractivity contribution in [2.45, 2.75) is 116 Å². The van der Waals surface area contributed by atoms with Crippen LogP contribution in [0.5, 0.6) is 0 Å². The van der Waals surface area contributed by atoms with Gasteiger partial charge in [-0.1, -0.05) is 64.2 Å². The molecule has 1 N–H and O–H groups in total. The lowest BCUT2D eigenvalue weighted by atomic mass is 9.83. The molecule has 0 spiro atoms. The van der Waals surface area contributed by atoms with Gasteiger partial charge in [0.2, 0.25) is 5.91 Å². The number of carbonyl (C=O) groups is 2. The first-order chi connectivity index (χ1) is 12.2. The molecule has 0 aliphatic heterocycles. The summed E-state index contributed by atoms with van der Waals surface area (Å²) in [7, 11) is 0. The molecular weight excluding hydrogens is 310 g/mol. The fraction of sp³-hybridized carbons (Fsp3) is 0.909. The summed E-state index contributed by atoms with van der Waals surface area (Å²) in [4.78, 5) is 24.5. The molecule has 2 unspecified atom stereocenters. The van der Waals surface area contributed by atoms with Gasteiger partial charge < -0.3 is 5.32 Å². The molecule has 2 saturated carbocycles. The Hall–Kier alpha value is -0.860. The van der Waals surface area contributed by atoms with Crippen LogP contribution in [0, 0.1) is 11.8 Å². The highest BCUT2D eigenvalue weighted by molar-refractivity contribution is 5.80. The van der Waals surface area contributed by atoms with Gasteiger partial charge in [-0.15, -0.1) is 0 Å². The highest BCUT2D eigenvalue weighted by Crippen LogP contribution is 2.27. The van der Waals surface area contributed by atoms with Crippen molar-refractivity contribution >= 4 is 11.7 Å². The number of hydrogen-bond acceptors (Lipinski definition) is 2. The number of ketones is 1. The zero-order chi connectivity index (χ0) is 17.9. The Kier molecular flexibility index (Phi) is 9.57. The minimum atomic E-state index is 0.125. The first-order valence-electron chi connectivity index (χ1n) is 11.0. The van der Waals surface area contributed by atoms with Crippen LogP contribution < -0.4 is 5.32 Å². The molecule has 0 saturated heterocycles. The second-order valence-corrected chi connectivity index (χ2v) is 8.48. The summed E-state index contributed by atoms with van der Waals surface area (Å²) in [6.07, 6.45) is 18.9. The molecule has 1 amide bonds. The minimum Gasteiger partial charge on any atom is -0.353 e. The SMILES string of the molecule is CC(=O)C1CCCCC(C(=O)NC2CCCCCCCCCC2)CC1. The maximum Gasteiger partial charge on any atom is 0.223 e. The maximum absolute atomic E-state index is 12.8. The fourth-order valence-corrected chi connectivity index (χ4v) is 4.59. The van der Waals surface area contributed by atoms with Gasteiger partial charge in [0.05, 0.1) is 0 Å². The molecule has 0 aromatic rings. The Morgan fingerprint density at radius 2 is 1.04 bits per heavy atom. The smallest absolute Gasteiger partial charge is 0.223 e. The number of hydrogen-bond donors (Lipinski definition) is 1. The van der Waals surface area contributed by atoms with E-state index in [1.54, 1.807) is 6.92 Å². The molecule has 0 aromatic heterocycles. The largest absolute Gasteiger partial charge is 0.353 e. The summed E-state index contributed by atoms with van der Waals surface area (Å²) in [5.41, 5.74) is 0. The van der Waals surface area contributed by atoms with Gasteiger partial charge in [0.15, 0.2) is 0 Å². The molecule has 2 aliphatic carbocycles. The summed E-state index contributed by atoms with van der Waals surface area (Å²) < 4.78 is 0. The molecular formula is C22H39NO2. The molecule has 3 heteroatoms. The van der Waals surface area contributed by atoms with Crippen molar-refractivity contribution in [2.24, 2.45) is 11.8 Å². The number of Topliss-reactive ketones (excluding diaryl/α,β-unsaturated/α-hetero) is 1. The van der Waals surface area contributed by atoms with Crippen molar-refractivity contribution in [3.63, 3.8) is 0 Å². The molecule has 0 aromatic carbocycles. The predicted molar refractivity (Wildman–Crippen MR) is 103 cm³/mol. The van der Waals surface area contributed by atoms with Gasteiger partial charge >= 0.3 is 0 Å². The number of nitrogens with one attached hydrogen (secondary N) is 1. The molecule has 2 atom stereocenters. The van der Waals surface area contributed by atoms with Gasteiger partial charge in [0.1, 0.15) is 5.78 Å². The third-order valence-electron chi connectivity index (χ3n) is 6.37. The van der Waals surface area contributed by atoms with Crippen LogP contribution in [-0.4, -0.2) is 17.7 Å². The predicted octanol–water partition coefficient (Wildman–Crippen LogP) is 5.56. The summed E-state index contributed by atoms with van der Waals surface area (Å²) in [5.74, 6) is 0.891. The highest BCUT2D eigenvalue weighted by atomic mass is 16.2. The van der Waals surface area contributed by atoms with Crippen LogP contribution in [0.4, 0.5) is 0 Å². The molecule has 0 heterocycles. The number of rotatable bonds is 3. The monoisotopic (exact) mass is 349 g/mol. The standard InChI is InChI=1S/C22H39NO2/c1-18(24)19-12-10-11-13-20(17-16-19)22(25)23-21-14-8-6-4-2-3-5-7-9-15-21/h19-21H,2-17H2,1H3,(H,23,25). The number of amides is 1. The van der Waals surface area contributed by atoms with Crippen LogP contribution in [0.15, 0.2) is 0 Å². The van der Waals surface area contributed by atoms with Crippen LogP contribution in [0.3, 0.4) is 0 Å². The van der Waals surface area contributed by atoms with Crippen LogP contribution in [0.1, 0.15) is 110 Å². The normalized spacial score (nSPS) is 28.2. The maximum atomic E-state index is 12.8. The summed E-state index contributed by atoms with van der Waals surface area (Å²) in [5, 5.41) is 3.39. The van der Waals surface area contributed by atoms with E-state index in [0.717, 1.165) is 51.4 Å². The lowest BCUT2D eigenvalue weighted by molar-refractivity contribution is -0.127. The van der Waals surface area contributed by atoms with E-state index in [-0.39, 0.29) is 17.7 Å². The Labute approximate surface area is 154 Å². The molecule has 2 rings (SSSR count). The van der Waals surface area contributed by atoms with Crippen LogP contribution in [-0.2, 0) is 9.59 Å². The van der Waals surface area contributed by atoms with E-state index < -0.39 is 0 Å². The van der Waals surface area contributed by atoms with Gasteiger partial charge in [-0.25, -0.2) is 0 Å². The topological polar surface area (TPSA) is 46.2 Å². The molecule has 144 valence electrons. The van der Waals surface area contributed by atoms with Gasteiger partial charge in [0, 0.05) is 17.9 Å². The van der Waals surface area contributed by atoms with Crippen molar-refractivity contribution in [3.05, 3.63) is 0 Å². The zero-order valence-electron chi connectivity index (χ0n) is 16.4. The Morgan fingerprint density at radius 3 is 1.60 bits per heavy atom. The van der Waals surface area contributed by atoms with Crippen molar-refractivity contribution < 1.29 is 9.59 Å². The third-order valence-corrected chi connectivity index (χ3v) is 6.37. The third kappa shape index (κ3) is 7.92. The molecule has 25 heavy (non-hydrogen) atoms. The first-order valence-corrected chi connectivity index (χ1v) is 11.0. The molecule has 2 fully saturated rings. The Balaban J connectivity index is 1.83. The van der Waals surface area contributed by atoms with Crippen molar-refractivity contribution in [1.82, 2.24) is 5.32 Å². The van der Waals surface area contributed by atoms with Gasteiger partial charge in [-0.3, -0.25) is 9.59 Å². The molecule has 0 bridgehead atoms. The van der Waals surface area contributed by atoms with E-state index in [2.05, 4.69) is 5.32 Å². The highest BCUT2D eigenvalue weighted by Gasteiger charge is 2.25. The van der Waals surface area contributed by atoms with Gasteiger partial charge in [-0.2, -0.15) is 0 Å². The van der Waals surface area contributed by atoms with E-state index >= 15 is 0 Å². The molecule has 3 nitrogen and oxygen atoms in total. The first kappa shape index (κ1) is 20.5. The zero-order valence-corrected chi connectivity index (χ0v) is 16.4. The fourth-order valence-electron chi connectivity index (χ4n) is 4.59. The Bertz CT molecular complexity index is 395. The average molecular weight is 350 g/mol. The Morgan fingerprint density at radius 1 is 0.600 bits per heavy atom. The van der Waals surface area contributed by atoms with Crippen LogP contribution >= 0.6 is 0 Å². The lowest BCUT2D eigenvalue weighted by Gasteiger charge is -2.26. The van der Waals surface area contributed by atoms with Gasteiger partial charge in [-0.05, 0) is 45.4 Å². The molecule has 2 aliphatic rings. The van der Waals surface area contributed by atoms with Crippen molar-refractivity contribution in [1.29, 1.82) is 0 Å².